The van der Waals surface area contributed by atoms with E-state index in [-0.39, 0.29) is 11.8 Å². The van der Waals surface area contributed by atoms with Gasteiger partial charge in [0.15, 0.2) is 0 Å². The third-order valence-corrected chi connectivity index (χ3v) is 3.81. The van der Waals surface area contributed by atoms with E-state index in [1.165, 1.54) is 6.42 Å². The van der Waals surface area contributed by atoms with E-state index in [2.05, 4.69) is 10.4 Å². The van der Waals surface area contributed by atoms with Crippen LogP contribution in [0.1, 0.15) is 41.7 Å². The fraction of sp³-hybridized carbons (Fsp3) is 0.643. The molecular weight excluding hydrogens is 256 g/mol. The fourth-order valence-corrected chi connectivity index (χ4v) is 2.40. The number of nitrogens with one attached hydrogen (secondary N) is 1. The van der Waals surface area contributed by atoms with Crippen molar-refractivity contribution in [2.24, 2.45) is 7.05 Å². The molecule has 1 N–H and O–H groups in total. The predicted octanol–water partition coefficient (Wildman–Crippen LogP) is 0.861. The van der Waals surface area contributed by atoms with E-state index < -0.39 is 0 Å². The van der Waals surface area contributed by atoms with Crippen molar-refractivity contribution in [2.75, 3.05) is 19.6 Å². The van der Waals surface area contributed by atoms with Crippen molar-refractivity contribution in [3.63, 3.8) is 0 Å². The van der Waals surface area contributed by atoms with Crippen LogP contribution in [0.2, 0.25) is 0 Å². The second-order valence-corrected chi connectivity index (χ2v) is 5.21. The fourth-order valence-electron chi connectivity index (χ4n) is 2.40. The van der Waals surface area contributed by atoms with Crippen molar-refractivity contribution < 1.29 is 9.59 Å². The molecule has 1 saturated heterocycles. The summed E-state index contributed by atoms with van der Waals surface area (Å²) in [5, 5.41) is 6.82. The molecule has 2 amide bonds. The maximum absolute atomic E-state index is 11.9. The number of amides is 2. The van der Waals surface area contributed by atoms with Gasteiger partial charge in [0, 0.05) is 38.8 Å². The summed E-state index contributed by atoms with van der Waals surface area (Å²) in [6.45, 7) is 3.94. The minimum absolute atomic E-state index is 0.132. The number of rotatable bonds is 4. The number of carbonyl (C=O) groups excluding carboxylic acids is 2. The van der Waals surface area contributed by atoms with Gasteiger partial charge in [0.05, 0.1) is 11.8 Å². The van der Waals surface area contributed by atoms with Crippen LogP contribution in [0.25, 0.3) is 0 Å². The van der Waals surface area contributed by atoms with Gasteiger partial charge in [-0.3, -0.25) is 14.3 Å². The highest BCUT2D eigenvalue weighted by molar-refractivity contribution is 5.95. The highest BCUT2D eigenvalue weighted by atomic mass is 16.2. The molecule has 0 aromatic carbocycles. The molecule has 1 aliphatic heterocycles. The average Bonchev–Trinajstić information content (AvgIpc) is 2.80. The molecule has 0 saturated carbocycles. The number of aryl methyl sites for hydroxylation is 1. The zero-order valence-electron chi connectivity index (χ0n) is 12.2. The third-order valence-electron chi connectivity index (χ3n) is 3.81. The maximum Gasteiger partial charge on any atom is 0.254 e. The smallest absolute Gasteiger partial charge is 0.254 e. The number of carbonyl (C=O) groups is 2. The van der Waals surface area contributed by atoms with E-state index in [1.54, 1.807) is 17.9 Å². The van der Waals surface area contributed by atoms with E-state index in [9.17, 15) is 9.59 Å². The first-order valence-electron chi connectivity index (χ1n) is 7.14. The molecule has 20 heavy (non-hydrogen) atoms. The van der Waals surface area contributed by atoms with Gasteiger partial charge in [-0.25, -0.2) is 0 Å². The average molecular weight is 278 g/mol. The molecule has 1 aromatic heterocycles. The lowest BCUT2D eigenvalue weighted by Gasteiger charge is -2.26. The quantitative estimate of drug-likeness (QED) is 0.888. The van der Waals surface area contributed by atoms with Gasteiger partial charge in [-0.05, 0) is 26.2 Å². The first kappa shape index (κ1) is 14.6. The van der Waals surface area contributed by atoms with Gasteiger partial charge >= 0.3 is 0 Å². The molecule has 2 heterocycles. The van der Waals surface area contributed by atoms with Crippen LogP contribution in [0.5, 0.6) is 0 Å². The second-order valence-electron chi connectivity index (χ2n) is 5.21. The number of piperidine rings is 1. The van der Waals surface area contributed by atoms with Crippen LogP contribution in [0.15, 0.2) is 6.20 Å². The largest absolute Gasteiger partial charge is 0.351 e. The summed E-state index contributed by atoms with van der Waals surface area (Å²) in [6, 6.07) is 0. The summed E-state index contributed by atoms with van der Waals surface area (Å²) in [6.07, 6.45) is 5.31. The molecule has 6 heteroatoms. The molecule has 2 rings (SSSR count). The Labute approximate surface area is 119 Å². The van der Waals surface area contributed by atoms with Gasteiger partial charge in [-0.2, -0.15) is 5.10 Å². The Bertz CT molecular complexity index is 489. The van der Waals surface area contributed by atoms with Crippen molar-refractivity contribution in [1.29, 1.82) is 0 Å². The minimum atomic E-state index is -0.165. The van der Waals surface area contributed by atoms with Crippen LogP contribution in [-0.4, -0.2) is 46.1 Å². The lowest BCUT2D eigenvalue weighted by Crippen LogP contribution is -2.37. The van der Waals surface area contributed by atoms with Crippen LogP contribution in [0, 0.1) is 6.92 Å². The van der Waals surface area contributed by atoms with Crippen molar-refractivity contribution in [3.05, 3.63) is 17.5 Å². The van der Waals surface area contributed by atoms with Crippen LogP contribution >= 0.6 is 0 Å². The van der Waals surface area contributed by atoms with Gasteiger partial charge in [0.2, 0.25) is 5.91 Å². The summed E-state index contributed by atoms with van der Waals surface area (Å²) in [7, 11) is 1.80. The normalized spacial score (nSPS) is 15.2. The highest BCUT2D eigenvalue weighted by Crippen LogP contribution is 2.09. The van der Waals surface area contributed by atoms with E-state index in [1.807, 2.05) is 11.8 Å². The first-order chi connectivity index (χ1) is 9.59. The molecule has 0 atom stereocenters. The van der Waals surface area contributed by atoms with Crippen molar-refractivity contribution >= 4 is 11.8 Å². The number of hydrogen-bond acceptors (Lipinski definition) is 3. The van der Waals surface area contributed by atoms with Crippen LogP contribution in [-0.2, 0) is 11.8 Å². The van der Waals surface area contributed by atoms with Gasteiger partial charge in [0.25, 0.3) is 5.91 Å². The molecule has 0 radical (unpaired) electrons. The summed E-state index contributed by atoms with van der Waals surface area (Å²) >= 11 is 0. The summed E-state index contributed by atoms with van der Waals surface area (Å²) in [4.78, 5) is 25.8. The number of hydrogen-bond donors (Lipinski definition) is 1. The minimum Gasteiger partial charge on any atom is -0.351 e. The standard InChI is InChI=1S/C14H22N4O2/c1-11-12(10-16-17(11)2)14(20)15-7-6-13(19)18-8-4-3-5-9-18/h10H,3-9H2,1-2H3,(H,15,20). The van der Waals surface area contributed by atoms with E-state index >= 15 is 0 Å². The van der Waals surface area contributed by atoms with Crippen molar-refractivity contribution in [2.45, 2.75) is 32.6 Å². The first-order valence-corrected chi connectivity index (χ1v) is 7.14. The summed E-state index contributed by atoms with van der Waals surface area (Å²) in [5.41, 5.74) is 1.39. The predicted molar refractivity (Wildman–Crippen MR) is 75.3 cm³/mol. The van der Waals surface area contributed by atoms with Crippen molar-refractivity contribution in [1.82, 2.24) is 20.0 Å². The molecular formula is C14H22N4O2. The van der Waals surface area contributed by atoms with Crippen LogP contribution in [0.4, 0.5) is 0 Å². The zero-order chi connectivity index (χ0) is 14.5. The SMILES string of the molecule is Cc1c(C(=O)NCCC(=O)N2CCCCC2)cnn1C. The number of aromatic nitrogens is 2. The van der Waals surface area contributed by atoms with Crippen LogP contribution < -0.4 is 5.32 Å². The molecule has 1 aromatic rings. The van der Waals surface area contributed by atoms with Gasteiger partial charge in [0.1, 0.15) is 0 Å². The molecule has 1 aliphatic rings. The van der Waals surface area contributed by atoms with Crippen molar-refractivity contribution in [3.8, 4) is 0 Å². The van der Waals surface area contributed by atoms with Gasteiger partial charge in [-0.15, -0.1) is 0 Å². The Morgan fingerprint density at radius 3 is 2.60 bits per heavy atom. The molecule has 1 fully saturated rings. The molecule has 0 unspecified atom stereocenters. The molecule has 0 spiro atoms. The van der Waals surface area contributed by atoms with E-state index in [0.717, 1.165) is 31.6 Å². The summed E-state index contributed by atoms with van der Waals surface area (Å²) in [5.74, 6) is -0.0325. The van der Waals surface area contributed by atoms with Gasteiger partial charge < -0.3 is 10.2 Å². The monoisotopic (exact) mass is 278 g/mol. The topological polar surface area (TPSA) is 67.2 Å². The third kappa shape index (κ3) is 3.37. The zero-order valence-corrected chi connectivity index (χ0v) is 12.2. The molecule has 0 aliphatic carbocycles. The van der Waals surface area contributed by atoms with Gasteiger partial charge in [-0.1, -0.05) is 0 Å². The lowest BCUT2D eigenvalue weighted by atomic mass is 10.1. The van der Waals surface area contributed by atoms with E-state index in [0.29, 0.717) is 18.5 Å². The molecule has 6 nitrogen and oxygen atoms in total. The Morgan fingerprint density at radius 2 is 2.00 bits per heavy atom. The lowest BCUT2D eigenvalue weighted by molar-refractivity contribution is -0.131. The van der Waals surface area contributed by atoms with E-state index in [4.69, 9.17) is 0 Å². The number of nitrogens with zero attached hydrogens (tertiary/aromatic N) is 3. The maximum atomic E-state index is 11.9. The Kier molecular flexibility index (Phi) is 4.76. The number of likely N-dealkylation sites (tertiary alicyclic amines) is 1. The Balaban J connectivity index is 1.76. The Hall–Kier alpha value is -1.85. The second kappa shape index (κ2) is 6.54. The highest BCUT2D eigenvalue weighted by Gasteiger charge is 2.17. The molecule has 0 bridgehead atoms. The summed E-state index contributed by atoms with van der Waals surface area (Å²) < 4.78 is 1.66. The van der Waals surface area contributed by atoms with Crippen LogP contribution in [0.3, 0.4) is 0 Å². The Morgan fingerprint density at radius 1 is 1.30 bits per heavy atom. The molecule has 110 valence electrons.